The fourth-order valence-electron chi connectivity index (χ4n) is 6.60. The molecule has 0 aromatic heterocycles. The number of aliphatic imine (C=N–C) groups is 1. The monoisotopic (exact) mass is 897 g/mol. The third-order valence-corrected chi connectivity index (χ3v) is 10.7. The van der Waals surface area contributed by atoms with Gasteiger partial charge in [-0.25, -0.2) is 0 Å². The van der Waals surface area contributed by atoms with E-state index in [1.807, 2.05) is 0 Å². The summed E-state index contributed by atoms with van der Waals surface area (Å²) in [6.07, 6.45) is 2.12. The number of amides is 9. The predicted octanol–water partition coefficient (Wildman–Crippen LogP) is -4.06. The molecule has 1 saturated heterocycles. The Morgan fingerprint density at radius 3 is 1.65 bits per heavy atom. The molecule has 9 amide bonds. The summed E-state index contributed by atoms with van der Waals surface area (Å²) in [6, 6.07) is -8.86. The predicted molar refractivity (Wildman–Crippen MR) is 232 cm³/mol. The first kappa shape index (κ1) is 55.4. The van der Waals surface area contributed by atoms with Gasteiger partial charge in [-0.1, -0.05) is 54.4 Å². The Bertz CT molecular complexity index is 1610. The van der Waals surface area contributed by atoms with Gasteiger partial charge in [0, 0.05) is 26.6 Å². The molecule has 9 atom stereocenters. The standard InChI is InChI=1S/C40H72N12O11/c1-9-22(6)31(37(61)46-25(14-12-16-44-40(41)42)39(63)52-17-13-15-28(52)35(59)43-11-3)50-34(58)27(20-54)47-33(57)26(19-53)48-38(62)32(23(7)10-2)51-36(60)30(21(4)5)49-29(56)18-45-24(8)55/h21-23,25-28,30-32,53-54H,9-20H2,1-8H3,(H,43,59)(H,45,55)(H,46,61)(H,47,57)(H,48,62)(H,49,56)(H,50,58)(H,51,60)(H4,41,42,44)/t22-,23+,25-,26-,27-,28-,30-,31-,32+/m0/s1. The van der Waals surface area contributed by atoms with Gasteiger partial charge < -0.3 is 69.1 Å². The van der Waals surface area contributed by atoms with Crippen LogP contribution in [0.25, 0.3) is 0 Å². The van der Waals surface area contributed by atoms with Gasteiger partial charge >= 0.3 is 0 Å². The van der Waals surface area contributed by atoms with Crippen molar-refractivity contribution in [3.8, 4) is 0 Å². The van der Waals surface area contributed by atoms with Crippen molar-refractivity contribution in [2.75, 3.05) is 39.4 Å². The number of rotatable bonds is 27. The number of guanidine groups is 1. The first-order chi connectivity index (χ1) is 29.7. The molecule has 14 N–H and O–H groups in total. The van der Waals surface area contributed by atoms with Gasteiger partial charge in [0.1, 0.15) is 42.3 Å². The summed E-state index contributed by atoms with van der Waals surface area (Å²) >= 11 is 0. The van der Waals surface area contributed by atoms with Gasteiger partial charge in [-0.3, -0.25) is 48.1 Å². The number of hydrogen-bond donors (Lipinski definition) is 12. The van der Waals surface area contributed by atoms with E-state index in [-0.39, 0.29) is 44.3 Å². The van der Waals surface area contributed by atoms with Crippen molar-refractivity contribution in [3.63, 3.8) is 0 Å². The highest BCUT2D eigenvalue weighted by Gasteiger charge is 2.39. The van der Waals surface area contributed by atoms with E-state index in [2.05, 4.69) is 47.5 Å². The number of aliphatic hydroxyl groups is 2. The zero-order valence-electron chi connectivity index (χ0n) is 37.9. The minimum atomic E-state index is -1.68. The maximum absolute atomic E-state index is 13.9. The van der Waals surface area contributed by atoms with Crippen LogP contribution >= 0.6 is 0 Å². The van der Waals surface area contributed by atoms with Gasteiger partial charge in [-0.15, -0.1) is 0 Å². The van der Waals surface area contributed by atoms with Gasteiger partial charge in [0.2, 0.25) is 53.2 Å². The average molecular weight is 897 g/mol. The molecular formula is C40H72N12O11. The zero-order valence-corrected chi connectivity index (χ0v) is 37.9. The van der Waals surface area contributed by atoms with Crippen LogP contribution < -0.4 is 54.0 Å². The second kappa shape index (κ2) is 28.2. The highest BCUT2D eigenvalue weighted by atomic mass is 16.3. The third kappa shape index (κ3) is 18.4. The average Bonchev–Trinajstić information content (AvgIpc) is 3.74. The summed E-state index contributed by atoms with van der Waals surface area (Å²) in [7, 11) is 0. The molecule has 63 heavy (non-hydrogen) atoms. The summed E-state index contributed by atoms with van der Waals surface area (Å²) < 4.78 is 0. The topological polar surface area (TPSA) is 358 Å². The molecule has 0 radical (unpaired) electrons. The SMILES string of the molecule is CCNC(=O)[C@@H]1CCCN1C(=O)[C@H](CCCN=C(N)N)NC(=O)[C@@H](NC(=O)[C@H](CO)NC(=O)[C@H](CO)NC(=O)[C@H](NC(=O)[C@@H](NC(=O)CNC(C)=O)C(C)C)[C@H](C)CC)[C@@H](C)CC. The lowest BCUT2D eigenvalue weighted by Gasteiger charge is -2.31. The van der Waals surface area contributed by atoms with Crippen molar-refractivity contribution in [1.82, 2.24) is 47.4 Å². The summed E-state index contributed by atoms with van der Waals surface area (Å²) in [5, 5.41) is 40.5. The molecule has 1 aliphatic heterocycles. The number of hydrogen-bond acceptors (Lipinski definition) is 12. The van der Waals surface area contributed by atoms with Gasteiger partial charge in [0.25, 0.3) is 0 Å². The first-order valence-corrected chi connectivity index (χ1v) is 21.6. The molecule has 0 spiro atoms. The smallest absolute Gasteiger partial charge is 0.245 e. The summed E-state index contributed by atoms with van der Waals surface area (Å²) in [5.74, 6) is -7.97. The van der Waals surface area contributed by atoms with E-state index in [0.29, 0.717) is 32.2 Å². The van der Waals surface area contributed by atoms with Crippen LogP contribution in [0.3, 0.4) is 0 Å². The summed E-state index contributed by atoms with van der Waals surface area (Å²) in [6.45, 7) is 11.7. The molecular weight excluding hydrogens is 825 g/mol. The molecule has 0 aromatic rings. The fourth-order valence-corrected chi connectivity index (χ4v) is 6.60. The Labute approximate surface area is 369 Å². The van der Waals surface area contributed by atoms with Crippen molar-refractivity contribution >= 4 is 59.1 Å². The Morgan fingerprint density at radius 1 is 0.683 bits per heavy atom. The van der Waals surface area contributed by atoms with E-state index in [1.54, 1.807) is 48.5 Å². The number of nitrogens with zero attached hydrogens (tertiary/aromatic N) is 2. The van der Waals surface area contributed by atoms with Crippen molar-refractivity contribution < 1.29 is 53.4 Å². The quantitative estimate of drug-likeness (QED) is 0.0213. The highest BCUT2D eigenvalue weighted by molar-refractivity contribution is 5.98. The largest absolute Gasteiger partial charge is 0.394 e. The molecule has 1 heterocycles. The Balaban J connectivity index is 3.22. The number of likely N-dealkylation sites (tertiary alicyclic amines) is 1. The first-order valence-electron chi connectivity index (χ1n) is 21.6. The van der Waals surface area contributed by atoms with E-state index in [1.165, 1.54) is 11.8 Å². The normalized spacial score (nSPS) is 17.3. The van der Waals surface area contributed by atoms with Gasteiger partial charge in [-0.2, -0.15) is 0 Å². The van der Waals surface area contributed by atoms with Crippen LogP contribution in [-0.2, 0) is 43.2 Å². The summed E-state index contributed by atoms with van der Waals surface area (Å²) in [5.41, 5.74) is 10.9. The molecule has 0 bridgehead atoms. The number of aliphatic hydroxyl groups excluding tert-OH is 2. The molecule has 0 unspecified atom stereocenters. The number of nitrogens with one attached hydrogen (secondary N) is 8. The second-order valence-electron chi connectivity index (χ2n) is 16.0. The lowest BCUT2D eigenvalue weighted by atomic mass is 9.96. The Hall–Kier alpha value is -5.58. The molecule has 1 fully saturated rings. The molecule has 358 valence electrons. The number of likely N-dealkylation sites (N-methyl/N-ethyl adjacent to an activating group) is 1. The molecule has 23 nitrogen and oxygen atoms in total. The van der Waals surface area contributed by atoms with Crippen molar-refractivity contribution in [2.24, 2.45) is 34.2 Å². The zero-order chi connectivity index (χ0) is 48.0. The van der Waals surface area contributed by atoms with Gasteiger partial charge in [0.05, 0.1) is 19.8 Å². The van der Waals surface area contributed by atoms with Crippen LogP contribution in [0.4, 0.5) is 0 Å². The van der Waals surface area contributed by atoms with Crippen LogP contribution in [-0.4, -0.2) is 156 Å². The van der Waals surface area contributed by atoms with E-state index < -0.39 is 121 Å². The van der Waals surface area contributed by atoms with Crippen LogP contribution in [0.1, 0.15) is 93.9 Å². The van der Waals surface area contributed by atoms with Crippen LogP contribution in [0, 0.1) is 17.8 Å². The number of carbonyl (C=O) groups excluding carboxylic acids is 9. The molecule has 0 aromatic carbocycles. The lowest BCUT2D eigenvalue weighted by Crippen LogP contribution is -2.62. The van der Waals surface area contributed by atoms with E-state index >= 15 is 0 Å². The minimum absolute atomic E-state index is 0.0844. The van der Waals surface area contributed by atoms with Crippen molar-refractivity contribution in [3.05, 3.63) is 0 Å². The molecule has 0 aliphatic carbocycles. The second-order valence-corrected chi connectivity index (χ2v) is 16.0. The molecule has 1 aliphatic rings. The molecule has 23 heteroatoms. The molecule has 1 rings (SSSR count). The number of nitrogens with two attached hydrogens (primary N) is 2. The van der Waals surface area contributed by atoms with Crippen LogP contribution in [0.2, 0.25) is 0 Å². The lowest BCUT2D eigenvalue weighted by molar-refractivity contribution is -0.142. The van der Waals surface area contributed by atoms with Crippen molar-refractivity contribution in [2.45, 2.75) is 136 Å². The highest BCUT2D eigenvalue weighted by Crippen LogP contribution is 2.20. The third-order valence-electron chi connectivity index (χ3n) is 10.7. The van der Waals surface area contributed by atoms with E-state index in [0.717, 1.165) is 0 Å². The fraction of sp³-hybridized carbons (Fsp3) is 0.750. The van der Waals surface area contributed by atoms with Crippen LogP contribution in [0.5, 0.6) is 0 Å². The number of carbonyl (C=O) groups is 9. The maximum atomic E-state index is 13.9. The van der Waals surface area contributed by atoms with Gasteiger partial charge in [0.15, 0.2) is 5.96 Å². The minimum Gasteiger partial charge on any atom is -0.394 e. The van der Waals surface area contributed by atoms with Gasteiger partial charge in [-0.05, 0) is 50.4 Å². The van der Waals surface area contributed by atoms with E-state index in [9.17, 15) is 53.4 Å². The Kier molecular flexibility index (Phi) is 24.8. The van der Waals surface area contributed by atoms with Crippen molar-refractivity contribution in [1.29, 1.82) is 0 Å². The summed E-state index contributed by atoms with van der Waals surface area (Å²) in [4.78, 5) is 124. The molecule has 0 saturated carbocycles. The maximum Gasteiger partial charge on any atom is 0.245 e. The van der Waals surface area contributed by atoms with Crippen LogP contribution in [0.15, 0.2) is 4.99 Å². The Morgan fingerprint density at radius 2 is 1.17 bits per heavy atom. The van der Waals surface area contributed by atoms with E-state index in [4.69, 9.17) is 11.5 Å².